The van der Waals surface area contributed by atoms with Gasteiger partial charge < -0.3 is 14.4 Å². The number of benzene rings is 1. The summed E-state index contributed by atoms with van der Waals surface area (Å²) >= 11 is 1.63. The van der Waals surface area contributed by atoms with E-state index in [-0.39, 0.29) is 23.6 Å². The largest absolute Gasteiger partial charge is 0.493 e. The molecule has 1 saturated heterocycles. The lowest BCUT2D eigenvalue weighted by Gasteiger charge is -2.27. The Morgan fingerprint density at radius 2 is 2.00 bits per heavy atom. The monoisotopic (exact) mass is 356 g/mol. The minimum atomic E-state index is -3.03. The van der Waals surface area contributed by atoms with E-state index < -0.39 is 9.84 Å². The number of fused-ring (bicyclic) bond motifs is 1. The molecule has 0 N–H and O–H groups in total. The molecule has 0 radical (unpaired) electrons. The number of rotatable bonds is 4. The molecular weight excluding hydrogens is 336 g/mol. The molecule has 0 aromatic heterocycles. The average Bonchev–Trinajstić information content (AvgIpc) is 2.98. The number of aliphatic imine (C=N–C) groups is 1. The number of thioether (sulfide) groups is 1. The van der Waals surface area contributed by atoms with Crippen molar-refractivity contribution in [1.29, 1.82) is 0 Å². The topological polar surface area (TPSA) is 68.2 Å². The molecule has 2 atom stereocenters. The molecule has 2 aliphatic heterocycles. The summed E-state index contributed by atoms with van der Waals surface area (Å²) in [6, 6.07) is 5.31. The fraction of sp³-hybridized carbons (Fsp3) is 0.533. The van der Waals surface area contributed by atoms with Crippen LogP contribution in [0.3, 0.4) is 0 Å². The predicted octanol–water partition coefficient (Wildman–Crippen LogP) is 1.80. The number of methoxy groups -OCH3 is 2. The van der Waals surface area contributed by atoms with Gasteiger partial charge in [-0.15, -0.1) is 0 Å². The van der Waals surface area contributed by atoms with Crippen LogP contribution in [0, 0.1) is 0 Å². The molecule has 8 heteroatoms. The van der Waals surface area contributed by atoms with Gasteiger partial charge in [0.1, 0.15) is 0 Å². The second-order valence-corrected chi connectivity index (χ2v) is 8.85. The van der Waals surface area contributed by atoms with E-state index in [4.69, 9.17) is 9.47 Å². The molecule has 23 heavy (non-hydrogen) atoms. The van der Waals surface area contributed by atoms with E-state index >= 15 is 0 Å². The lowest BCUT2D eigenvalue weighted by molar-refractivity contribution is 0.355. The van der Waals surface area contributed by atoms with Crippen molar-refractivity contribution in [2.45, 2.75) is 19.0 Å². The van der Waals surface area contributed by atoms with Crippen LogP contribution in [-0.4, -0.2) is 57.1 Å². The van der Waals surface area contributed by atoms with E-state index in [1.807, 2.05) is 23.1 Å². The molecule has 1 aromatic carbocycles. The maximum Gasteiger partial charge on any atom is 0.164 e. The van der Waals surface area contributed by atoms with Crippen molar-refractivity contribution in [1.82, 2.24) is 0 Å². The highest BCUT2D eigenvalue weighted by atomic mass is 32.2. The predicted molar refractivity (Wildman–Crippen MR) is 93.8 cm³/mol. The highest BCUT2D eigenvalue weighted by molar-refractivity contribution is 8.14. The van der Waals surface area contributed by atoms with E-state index in [0.29, 0.717) is 11.5 Å². The Labute approximate surface area is 140 Å². The van der Waals surface area contributed by atoms with E-state index in [0.717, 1.165) is 16.6 Å². The lowest BCUT2D eigenvalue weighted by atomic mass is 10.1. The Morgan fingerprint density at radius 1 is 1.26 bits per heavy atom. The normalized spacial score (nSPS) is 25.2. The highest BCUT2D eigenvalue weighted by Crippen LogP contribution is 2.38. The first-order valence-electron chi connectivity index (χ1n) is 7.41. The standard InChI is InChI=1S/C15H20N2O4S2/c1-4-22-15-16-11-8-23(18,19)9-12(11)17(15)10-5-6-13(20-2)14(7-10)21-3/h5-7,11-12H,4,8-9H2,1-3H3/t11-,12+/m0/s1. The SMILES string of the molecule is CCSC1=N[C@H]2CS(=O)(=O)C[C@H]2N1c1ccc(OC)c(OC)c1. The Balaban J connectivity index is 2.00. The van der Waals surface area contributed by atoms with Crippen LogP contribution in [0.15, 0.2) is 23.2 Å². The highest BCUT2D eigenvalue weighted by Gasteiger charge is 2.47. The molecule has 2 heterocycles. The minimum Gasteiger partial charge on any atom is -0.493 e. The van der Waals surface area contributed by atoms with Crippen LogP contribution in [0.1, 0.15) is 6.92 Å². The van der Waals surface area contributed by atoms with Crippen molar-refractivity contribution >= 4 is 32.5 Å². The molecule has 6 nitrogen and oxygen atoms in total. The summed E-state index contributed by atoms with van der Waals surface area (Å²) in [7, 11) is 0.150. The van der Waals surface area contributed by atoms with Gasteiger partial charge >= 0.3 is 0 Å². The van der Waals surface area contributed by atoms with Gasteiger partial charge in [0, 0.05) is 11.8 Å². The molecule has 1 fully saturated rings. The van der Waals surface area contributed by atoms with Gasteiger partial charge in [-0.3, -0.25) is 4.99 Å². The number of hydrogen-bond donors (Lipinski definition) is 0. The van der Waals surface area contributed by atoms with E-state index in [1.54, 1.807) is 26.0 Å². The van der Waals surface area contributed by atoms with Crippen LogP contribution in [0.2, 0.25) is 0 Å². The zero-order chi connectivity index (χ0) is 16.6. The number of ether oxygens (including phenoxy) is 2. The van der Waals surface area contributed by atoms with Gasteiger partial charge in [-0.1, -0.05) is 18.7 Å². The van der Waals surface area contributed by atoms with Gasteiger partial charge in [0.15, 0.2) is 26.5 Å². The number of nitrogens with zero attached hydrogens (tertiary/aromatic N) is 2. The maximum absolute atomic E-state index is 12.0. The minimum absolute atomic E-state index is 0.132. The first-order chi connectivity index (χ1) is 11.0. The molecule has 1 aromatic rings. The van der Waals surface area contributed by atoms with Crippen molar-refractivity contribution in [2.24, 2.45) is 4.99 Å². The van der Waals surface area contributed by atoms with Gasteiger partial charge in [0.25, 0.3) is 0 Å². The maximum atomic E-state index is 12.0. The van der Waals surface area contributed by atoms with Crippen LogP contribution in [0.4, 0.5) is 5.69 Å². The summed E-state index contributed by atoms with van der Waals surface area (Å²) < 4.78 is 34.6. The summed E-state index contributed by atoms with van der Waals surface area (Å²) in [6.45, 7) is 2.06. The average molecular weight is 356 g/mol. The third-order valence-corrected chi connectivity index (χ3v) is 6.57. The van der Waals surface area contributed by atoms with E-state index in [1.165, 1.54) is 0 Å². The van der Waals surface area contributed by atoms with Crippen LogP contribution >= 0.6 is 11.8 Å². The molecule has 2 aliphatic rings. The number of sulfone groups is 1. The smallest absolute Gasteiger partial charge is 0.164 e. The third kappa shape index (κ3) is 3.01. The number of hydrogen-bond acceptors (Lipinski definition) is 7. The molecule has 0 spiro atoms. The van der Waals surface area contributed by atoms with Crippen LogP contribution < -0.4 is 14.4 Å². The molecular formula is C15H20N2O4S2. The summed E-state index contributed by atoms with van der Waals surface area (Å²) in [5.74, 6) is 2.43. The Hall–Kier alpha value is -1.41. The van der Waals surface area contributed by atoms with Crippen LogP contribution in [-0.2, 0) is 9.84 Å². The quantitative estimate of drug-likeness (QED) is 0.819. The summed E-state index contributed by atoms with van der Waals surface area (Å²) in [6.07, 6.45) is 0. The molecule has 3 rings (SSSR count). The zero-order valence-corrected chi connectivity index (χ0v) is 15.0. The molecule has 0 aliphatic carbocycles. The van der Waals surface area contributed by atoms with Gasteiger partial charge in [0.05, 0.1) is 37.8 Å². The number of amidine groups is 1. The van der Waals surface area contributed by atoms with Gasteiger partial charge in [-0.2, -0.15) is 0 Å². The first kappa shape index (κ1) is 16.4. The second-order valence-electron chi connectivity index (χ2n) is 5.47. The van der Waals surface area contributed by atoms with Crippen molar-refractivity contribution in [2.75, 3.05) is 36.4 Å². The summed E-state index contributed by atoms with van der Waals surface area (Å²) in [4.78, 5) is 6.68. The van der Waals surface area contributed by atoms with Gasteiger partial charge in [-0.05, 0) is 17.9 Å². The van der Waals surface area contributed by atoms with Crippen molar-refractivity contribution < 1.29 is 17.9 Å². The van der Waals surface area contributed by atoms with Crippen LogP contribution in [0.25, 0.3) is 0 Å². The fourth-order valence-electron chi connectivity index (χ4n) is 3.04. The third-order valence-electron chi connectivity index (χ3n) is 4.03. The van der Waals surface area contributed by atoms with Crippen LogP contribution in [0.5, 0.6) is 11.5 Å². The van der Waals surface area contributed by atoms with Crippen molar-refractivity contribution in [3.8, 4) is 11.5 Å². The second kappa shape index (κ2) is 6.24. The first-order valence-corrected chi connectivity index (χ1v) is 10.2. The van der Waals surface area contributed by atoms with E-state index in [2.05, 4.69) is 11.9 Å². The van der Waals surface area contributed by atoms with Crippen molar-refractivity contribution in [3.05, 3.63) is 18.2 Å². The fourth-order valence-corrected chi connectivity index (χ4v) is 5.73. The summed E-state index contributed by atoms with van der Waals surface area (Å²) in [5, 5.41) is 0.879. The van der Waals surface area contributed by atoms with Crippen molar-refractivity contribution in [3.63, 3.8) is 0 Å². The Morgan fingerprint density at radius 3 is 2.65 bits per heavy atom. The Kier molecular flexibility index (Phi) is 4.46. The Bertz CT molecular complexity index is 733. The van der Waals surface area contributed by atoms with E-state index in [9.17, 15) is 8.42 Å². The number of anilines is 1. The molecule has 0 amide bonds. The van der Waals surface area contributed by atoms with Gasteiger partial charge in [0.2, 0.25) is 0 Å². The molecule has 0 unspecified atom stereocenters. The molecule has 126 valence electrons. The zero-order valence-electron chi connectivity index (χ0n) is 13.4. The van der Waals surface area contributed by atoms with Gasteiger partial charge in [-0.25, -0.2) is 8.42 Å². The summed E-state index contributed by atoms with van der Waals surface area (Å²) in [5.41, 5.74) is 0.881. The lowest BCUT2D eigenvalue weighted by Crippen LogP contribution is -2.39. The molecule has 0 saturated carbocycles. The molecule has 0 bridgehead atoms.